The summed E-state index contributed by atoms with van der Waals surface area (Å²) in [6, 6.07) is 6.75. The van der Waals surface area contributed by atoms with Crippen molar-refractivity contribution in [1.29, 1.82) is 0 Å². The average molecular weight is 487 g/mol. The lowest BCUT2D eigenvalue weighted by Crippen LogP contribution is -2.35. The Morgan fingerprint density at radius 3 is 1.91 bits per heavy atom. The summed E-state index contributed by atoms with van der Waals surface area (Å²) >= 11 is 0. The van der Waals surface area contributed by atoms with Gasteiger partial charge in [0.15, 0.2) is 19.7 Å². The summed E-state index contributed by atoms with van der Waals surface area (Å²) < 4.78 is 74.9. The molecule has 1 amide bonds. The molecule has 2 aromatic carbocycles. The van der Waals surface area contributed by atoms with E-state index in [1.165, 1.54) is 29.2 Å². The van der Waals surface area contributed by atoms with E-state index in [9.17, 15) is 30.4 Å². The topological polar surface area (TPSA) is 91.8 Å². The van der Waals surface area contributed by atoms with Crippen molar-refractivity contribution in [3.8, 4) is 0 Å². The molecule has 32 heavy (non-hydrogen) atoms. The SMILES string of the molecule is CS(=O)(=O)c1cc(C(=O)N2CCCN(Cc3cc(F)cc(F)c3)CC2)cc(S(C)(=O)=O)c1. The highest BCUT2D eigenvalue weighted by Crippen LogP contribution is 2.21. The van der Waals surface area contributed by atoms with Crippen LogP contribution in [-0.4, -0.2) is 71.2 Å². The summed E-state index contributed by atoms with van der Waals surface area (Å²) in [6.45, 7) is 2.03. The number of hydrogen-bond acceptors (Lipinski definition) is 6. The van der Waals surface area contributed by atoms with Gasteiger partial charge < -0.3 is 4.90 Å². The number of halogens is 2. The first-order chi connectivity index (χ1) is 14.8. The van der Waals surface area contributed by atoms with Gasteiger partial charge in [0.2, 0.25) is 0 Å². The first-order valence-electron chi connectivity index (χ1n) is 9.85. The molecule has 3 rings (SSSR count). The van der Waals surface area contributed by atoms with Crippen LogP contribution in [0, 0.1) is 11.6 Å². The van der Waals surface area contributed by atoms with Crippen LogP contribution >= 0.6 is 0 Å². The van der Waals surface area contributed by atoms with Gasteiger partial charge in [0.1, 0.15) is 11.6 Å². The van der Waals surface area contributed by atoms with Gasteiger partial charge in [-0.1, -0.05) is 0 Å². The Labute approximate surface area is 186 Å². The number of sulfone groups is 2. The third-order valence-corrected chi connectivity index (χ3v) is 7.37. The predicted octanol–water partition coefficient (Wildman–Crippen LogP) is 2.12. The van der Waals surface area contributed by atoms with Crippen LogP contribution in [0.3, 0.4) is 0 Å². The molecule has 0 saturated carbocycles. The molecule has 0 atom stereocenters. The minimum absolute atomic E-state index is 0.0194. The number of benzene rings is 2. The number of nitrogens with zero attached hydrogens (tertiary/aromatic N) is 2. The molecule has 11 heteroatoms. The van der Waals surface area contributed by atoms with Gasteiger partial charge in [-0.15, -0.1) is 0 Å². The number of amides is 1. The summed E-state index contributed by atoms with van der Waals surface area (Å²) in [5.41, 5.74) is 0.468. The van der Waals surface area contributed by atoms with E-state index in [-0.39, 0.29) is 15.4 Å². The normalized spacial score (nSPS) is 16.1. The molecule has 0 aromatic heterocycles. The molecule has 0 radical (unpaired) electrons. The van der Waals surface area contributed by atoms with E-state index in [0.29, 0.717) is 44.7 Å². The molecule has 2 aromatic rings. The van der Waals surface area contributed by atoms with Gasteiger partial charge in [-0.3, -0.25) is 9.69 Å². The van der Waals surface area contributed by atoms with E-state index < -0.39 is 37.2 Å². The third kappa shape index (κ3) is 6.11. The highest BCUT2D eigenvalue weighted by molar-refractivity contribution is 7.91. The summed E-state index contributed by atoms with van der Waals surface area (Å²) in [6.07, 6.45) is 2.48. The molecule has 0 N–H and O–H groups in total. The summed E-state index contributed by atoms with van der Waals surface area (Å²) in [4.78, 5) is 16.1. The molecule has 174 valence electrons. The molecular weight excluding hydrogens is 462 g/mol. The van der Waals surface area contributed by atoms with Gasteiger partial charge in [0, 0.05) is 56.9 Å². The Balaban J connectivity index is 1.80. The van der Waals surface area contributed by atoms with Gasteiger partial charge in [0.05, 0.1) is 9.79 Å². The standard InChI is InChI=1S/C21H24F2N2O5S2/c1-31(27,28)19-10-16(11-20(13-19)32(2,29)30)21(26)25-5-3-4-24(6-7-25)14-15-8-17(22)12-18(23)9-15/h8-13H,3-7,14H2,1-2H3. The zero-order chi connectivity index (χ0) is 23.7. The van der Waals surface area contributed by atoms with E-state index in [4.69, 9.17) is 0 Å². The number of hydrogen-bond donors (Lipinski definition) is 0. The lowest BCUT2D eigenvalue weighted by atomic mass is 10.2. The molecule has 0 aliphatic carbocycles. The zero-order valence-electron chi connectivity index (χ0n) is 17.7. The van der Waals surface area contributed by atoms with Crippen LogP contribution in [-0.2, 0) is 26.2 Å². The fourth-order valence-electron chi connectivity index (χ4n) is 3.60. The van der Waals surface area contributed by atoms with E-state index in [2.05, 4.69) is 0 Å². The van der Waals surface area contributed by atoms with Gasteiger partial charge in [-0.05, 0) is 42.3 Å². The fraction of sp³-hybridized carbons (Fsp3) is 0.381. The molecular formula is C21H24F2N2O5S2. The molecule has 1 fully saturated rings. The lowest BCUT2D eigenvalue weighted by Gasteiger charge is -2.22. The molecule has 0 spiro atoms. The van der Waals surface area contributed by atoms with Crippen molar-refractivity contribution in [2.75, 3.05) is 38.7 Å². The Bertz CT molecular complexity index is 1180. The van der Waals surface area contributed by atoms with Crippen molar-refractivity contribution in [2.24, 2.45) is 0 Å². The summed E-state index contributed by atoms with van der Waals surface area (Å²) in [5.74, 6) is -1.78. The third-order valence-electron chi connectivity index (χ3n) is 5.19. The number of carbonyl (C=O) groups is 1. The maximum atomic E-state index is 13.5. The van der Waals surface area contributed by atoms with Crippen LogP contribution in [0.25, 0.3) is 0 Å². The molecule has 0 unspecified atom stereocenters. The van der Waals surface area contributed by atoms with Gasteiger partial charge >= 0.3 is 0 Å². The van der Waals surface area contributed by atoms with Gasteiger partial charge in [0.25, 0.3) is 5.91 Å². The Morgan fingerprint density at radius 2 is 1.38 bits per heavy atom. The minimum Gasteiger partial charge on any atom is -0.337 e. The highest BCUT2D eigenvalue weighted by Gasteiger charge is 2.24. The molecule has 1 heterocycles. The van der Waals surface area contributed by atoms with Crippen LogP contribution in [0.15, 0.2) is 46.2 Å². The van der Waals surface area contributed by atoms with Crippen molar-refractivity contribution in [2.45, 2.75) is 22.8 Å². The second-order valence-electron chi connectivity index (χ2n) is 7.94. The molecule has 7 nitrogen and oxygen atoms in total. The predicted molar refractivity (Wildman–Crippen MR) is 115 cm³/mol. The molecule has 0 bridgehead atoms. The van der Waals surface area contributed by atoms with E-state index in [0.717, 1.165) is 24.6 Å². The minimum atomic E-state index is -3.73. The smallest absolute Gasteiger partial charge is 0.253 e. The van der Waals surface area contributed by atoms with E-state index in [1.807, 2.05) is 4.90 Å². The maximum absolute atomic E-state index is 13.5. The Morgan fingerprint density at radius 1 is 0.812 bits per heavy atom. The summed E-state index contributed by atoms with van der Waals surface area (Å²) in [7, 11) is -7.47. The quantitative estimate of drug-likeness (QED) is 0.643. The van der Waals surface area contributed by atoms with Crippen molar-refractivity contribution in [1.82, 2.24) is 9.80 Å². The van der Waals surface area contributed by atoms with Crippen molar-refractivity contribution in [3.05, 3.63) is 59.2 Å². The Kier molecular flexibility index (Phi) is 7.01. The van der Waals surface area contributed by atoms with Crippen LogP contribution in [0.1, 0.15) is 22.3 Å². The molecule has 1 saturated heterocycles. The summed E-state index contributed by atoms with van der Waals surface area (Å²) in [5, 5.41) is 0. The second kappa shape index (κ2) is 9.24. The number of rotatable bonds is 5. The first kappa shape index (κ1) is 24.3. The van der Waals surface area contributed by atoms with Crippen molar-refractivity contribution in [3.63, 3.8) is 0 Å². The van der Waals surface area contributed by atoms with Crippen LogP contribution < -0.4 is 0 Å². The highest BCUT2D eigenvalue weighted by atomic mass is 32.2. The first-order valence-corrected chi connectivity index (χ1v) is 13.6. The fourth-order valence-corrected chi connectivity index (χ4v) is 5.04. The van der Waals surface area contributed by atoms with Crippen LogP contribution in [0.5, 0.6) is 0 Å². The van der Waals surface area contributed by atoms with Gasteiger partial charge in [-0.2, -0.15) is 0 Å². The van der Waals surface area contributed by atoms with Crippen LogP contribution in [0.2, 0.25) is 0 Å². The lowest BCUT2D eigenvalue weighted by molar-refractivity contribution is 0.0760. The zero-order valence-corrected chi connectivity index (χ0v) is 19.3. The second-order valence-corrected chi connectivity index (χ2v) is 12.0. The largest absolute Gasteiger partial charge is 0.337 e. The average Bonchev–Trinajstić information content (AvgIpc) is 2.90. The maximum Gasteiger partial charge on any atom is 0.253 e. The van der Waals surface area contributed by atoms with Crippen LogP contribution in [0.4, 0.5) is 8.78 Å². The van der Waals surface area contributed by atoms with Crippen molar-refractivity contribution < 1.29 is 30.4 Å². The molecule has 1 aliphatic rings. The van der Waals surface area contributed by atoms with E-state index in [1.54, 1.807) is 0 Å². The van der Waals surface area contributed by atoms with Crippen molar-refractivity contribution >= 4 is 25.6 Å². The van der Waals surface area contributed by atoms with Gasteiger partial charge in [-0.25, -0.2) is 25.6 Å². The molecule has 1 aliphatic heterocycles. The Hall–Kier alpha value is -2.37. The number of carbonyl (C=O) groups excluding carboxylic acids is 1. The monoisotopic (exact) mass is 486 g/mol. The van der Waals surface area contributed by atoms with E-state index >= 15 is 0 Å².